The molecule has 0 atom stereocenters. The Labute approximate surface area is 61.2 Å². The molecule has 0 fully saturated rings. The highest BCUT2D eigenvalue weighted by Gasteiger charge is 1.93. The van der Waals surface area contributed by atoms with Gasteiger partial charge in [0.1, 0.15) is 6.61 Å². The van der Waals surface area contributed by atoms with Crippen LogP contribution in [0.1, 0.15) is 13.3 Å². The zero-order chi connectivity index (χ0) is 7.98. The van der Waals surface area contributed by atoms with E-state index in [1.54, 1.807) is 6.08 Å². The molecule has 0 aliphatic carbocycles. The molecule has 0 aromatic rings. The zero-order valence-corrected chi connectivity index (χ0v) is 6.22. The molecule has 0 radical (unpaired) electrons. The minimum Gasteiger partial charge on any atom is -0.461 e. The molecule has 0 N–H and O–H groups in total. The lowest BCUT2D eigenvalue weighted by Gasteiger charge is -2.01. The van der Waals surface area contributed by atoms with Gasteiger partial charge in [-0.15, -0.1) is 6.58 Å². The van der Waals surface area contributed by atoms with Gasteiger partial charge in [0.15, 0.2) is 0 Å². The molecule has 2 heteroatoms. The fourth-order valence-corrected chi connectivity index (χ4v) is 0.467. The van der Waals surface area contributed by atoms with Crippen LogP contribution < -0.4 is 0 Å². The number of ether oxygens (including phenoxy) is 1. The molecule has 0 aromatic carbocycles. The van der Waals surface area contributed by atoms with E-state index >= 15 is 0 Å². The summed E-state index contributed by atoms with van der Waals surface area (Å²) in [6.07, 6.45) is 2.43. The number of allylic oxidation sites excluding steroid dienone is 1. The summed E-state index contributed by atoms with van der Waals surface area (Å²) in [4.78, 5) is 10.3. The minimum absolute atomic E-state index is 0.273. The zero-order valence-electron chi connectivity index (χ0n) is 6.22. The Morgan fingerprint density at radius 2 is 2.30 bits per heavy atom. The molecule has 2 nitrogen and oxygen atoms in total. The van der Waals surface area contributed by atoms with E-state index in [0.29, 0.717) is 13.0 Å². The summed E-state index contributed by atoms with van der Waals surface area (Å²) >= 11 is 0. The molecule has 10 heavy (non-hydrogen) atoms. The lowest BCUT2D eigenvalue weighted by molar-refractivity contribution is -0.139. The molecule has 0 heterocycles. The van der Waals surface area contributed by atoms with Crippen molar-refractivity contribution in [1.29, 1.82) is 0 Å². The van der Waals surface area contributed by atoms with Crippen LogP contribution >= 0.6 is 0 Å². The van der Waals surface area contributed by atoms with Gasteiger partial charge in [-0.2, -0.15) is 0 Å². The first-order valence-corrected chi connectivity index (χ1v) is 3.07. The van der Waals surface area contributed by atoms with Gasteiger partial charge >= 0.3 is 5.97 Å². The van der Waals surface area contributed by atoms with Crippen molar-refractivity contribution in [3.05, 3.63) is 24.8 Å². The third-order valence-corrected chi connectivity index (χ3v) is 0.913. The third kappa shape index (κ3) is 5.09. The molecule has 0 aliphatic heterocycles. The van der Waals surface area contributed by atoms with Crippen LogP contribution in [0.2, 0.25) is 0 Å². The Morgan fingerprint density at radius 3 is 2.70 bits per heavy atom. The molecular formula is C8H12O2. The molecule has 0 amide bonds. The van der Waals surface area contributed by atoms with Gasteiger partial charge in [-0.1, -0.05) is 12.7 Å². The van der Waals surface area contributed by atoms with E-state index in [0.717, 1.165) is 5.57 Å². The van der Waals surface area contributed by atoms with Crippen LogP contribution in [0.3, 0.4) is 0 Å². The normalized spacial score (nSPS) is 8.50. The van der Waals surface area contributed by atoms with E-state index in [4.69, 9.17) is 0 Å². The highest BCUT2D eigenvalue weighted by molar-refractivity contribution is 5.66. The maximum Gasteiger partial charge on any atom is 0.302 e. The Morgan fingerprint density at radius 1 is 1.70 bits per heavy atom. The van der Waals surface area contributed by atoms with Crippen LogP contribution in [-0.2, 0) is 9.53 Å². The number of hydrogen-bond donors (Lipinski definition) is 0. The maximum atomic E-state index is 10.3. The fraction of sp³-hybridized carbons (Fsp3) is 0.375. The SMILES string of the molecule is C=CCC(=C)COC(C)=O. The van der Waals surface area contributed by atoms with Crippen LogP contribution in [0.4, 0.5) is 0 Å². The summed E-state index contributed by atoms with van der Waals surface area (Å²) in [6.45, 7) is 8.88. The van der Waals surface area contributed by atoms with Crippen molar-refractivity contribution in [3.63, 3.8) is 0 Å². The second kappa shape index (κ2) is 4.79. The van der Waals surface area contributed by atoms with Crippen molar-refractivity contribution in [2.24, 2.45) is 0 Å². The average molecular weight is 140 g/mol. The summed E-state index contributed by atoms with van der Waals surface area (Å²) in [5.41, 5.74) is 0.866. The topological polar surface area (TPSA) is 26.3 Å². The van der Waals surface area contributed by atoms with Gasteiger partial charge in [0.05, 0.1) is 0 Å². The van der Waals surface area contributed by atoms with Gasteiger partial charge in [0.2, 0.25) is 0 Å². The van der Waals surface area contributed by atoms with Crippen LogP contribution in [0.15, 0.2) is 24.8 Å². The van der Waals surface area contributed by atoms with E-state index in [1.165, 1.54) is 6.92 Å². The summed E-state index contributed by atoms with van der Waals surface area (Å²) in [6, 6.07) is 0. The van der Waals surface area contributed by atoms with Crippen molar-refractivity contribution in [2.75, 3.05) is 6.61 Å². The first-order chi connectivity index (χ1) is 4.66. The predicted octanol–water partition coefficient (Wildman–Crippen LogP) is 1.68. The first kappa shape index (κ1) is 8.95. The molecule has 56 valence electrons. The number of rotatable bonds is 4. The van der Waals surface area contributed by atoms with Crippen molar-refractivity contribution < 1.29 is 9.53 Å². The molecular weight excluding hydrogens is 128 g/mol. The van der Waals surface area contributed by atoms with Crippen molar-refractivity contribution >= 4 is 5.97 Å². The molecule has 0 rings (SSSR count). The summed E-state index contributed by atoms with van der Waals surface area (Å²) in [5.74, 6) is -0.273. The van der Waals surface area contributed by atoms with E-state index in [2.05, 4.69) is 17.9 Å². The molecule has 0 unspecified atom stereocenters. The van der Waals surface area contributed by atoms with Gasteiger partial charge in [-0.3, -0.25) is 4.79 Å². The van der Waals surface area contributed by atoms with Crippen LogP contribution in [0.5, 0.6) is 0 Å². The van der Waals surface area contributed by atoms with Crippen LogP contribution in [0, 0.1) is 0 Å². The van der Waals surface area contributed by atoms with Crippen molar-refractivity contribution in [2.45, 2.75) is 13.3 Å². The Bertz CT molecular complexity index is 147. The lowest BCUT2D eigenvalue weighted by atomic mass is 10.2. The Balaban J connectivity index is 3.39. The smallest absolute Gasteiger partial charge is 0.302 e. The minimum atomic E-state index is -0.273. The predicted molar refractivity (Wildman–Crippen MR) is 40.6 cm³/mol. The van der Waals surface area contributed by atoms with Crippen LogP contribution in [-0.4, -0.2) is 12.6 Å². The maximum absolute atomic E-state index is 10.3. The fourth-order valence-electron chi connectivity index (χ4n) is 0.467. The van der Waals surface area contributed by atoms with Gasteiger partial charge < -0.3 is 4.74 Å². The van der Waals surface area contributed by atoms with Gasteiger partial charge in [-0.05, 0) is 12.0 Å². The van der Waals surface area contributed by atoms with E-state index < -0.39 is 0 Å². The molecule has 0 saturated carbocycles. The highest BCUT2D eigenvalue weighted by Crippen LogP contribution is 1.98. The van der Waals surface area contributed by atoms with E-state index in [9.17, 15) is 4.79 Å². The summed E-state index contributed by atoms with van der Waals surface area (Å²) < 4.78 is 4.67. The second-order valence-electron chi connectivity index (χ2n) is 2.02. The third-order valence-electron chi connectivity index (χ3n) is 0.913. The van der Waals surface area contributed by atoms with Crippen molar-refractivity contribution in [1.82, 2.24) is 0 Å². The van der Waals surface area contributed by atoms with Crippen molar-refractivity contribution in [3.8, 4) is 0 Å². The number of carbonyl (C=O) groups is 1. The van der Waals surface area contributed by atoms with Gasteiger partial charge in [0.25, 0.3) is 0 Å². The quantitative estimate of drug-likeness (QED) is 0.438. The lowest BCUT2D eigenvalue weighted by Crippen LogP contribution is -2.01. The Kier molecular flexibility index (Phi) is 4.29. The standard InChI is InChI=1S/C8H12O2/c1-4-5-7(2)6-10-8(3)9/h4H,1-2,5-6H2,3H3. The van der Waals surface area contributed by atoms with E-state index in [1.807, 2.05) is 0 Å². The monoisotopic (exact) mass is 140 g/mol. The van der Waals surface area contributed by atoms with Gasteiger partial charge in [-0.25, -0.2) is 0 Å². The molecule has 0 aliphatic rings. The average Bonchev–Trinajstić information content (AvgIpc) is 1.85. The molecule has 0 aromatic heterocycles. The number of hydrogen-bond acceptors (Lipinski definition) is 2. The second-order valence-corrected chi connectivity index (χ2v) is 2.02. The molecule has 0 spiro atoms. The highest BCUT2D eigenvalue weighted by atomic mass is 16.5. The number of esters is 1. The Hall–Kier alpha value is -1.05. The largest absolute Gasteiger partial charge is 0.461 e. The van der Waals surface area contributed by atoms with Gasteiger partial charge in [0, 0.05) is 6.92 Å². The van der Waals surface area contributed by atoms with E-state index in [-0.39, 0.29) is 5.97 Å². The number of carbonyl (C=O) groups excluding carboxylic acids is 1. The molecule has 0 bridgehead atoms. The van der Waals surface area contributed by atoms with Crippen LogP contribution in [0.25, 0.3) is 0 Å². The summed E-state index contributed by atoms with van der Waals surface area (Å²) in [5, 5.41) is 0. The molecule has 0 saturated heterocycles. The summed E-state index contributed by atoms with van der Waals surface area (Å²) in [7, 11) is 0. The first-order valence-electron chi connectivity index (χ1n) is 3.07.